The maximum absolute atomic E-state index is 4.78. The molecule has 0 amide bonds. The highest BCUT2D eigenvalue weighted by Crippen LogP contribution is 2.18. The van der Waals surface area contributed by atoms with Crippen molar-refractivity contribution < 1.29 is 0 Å². The summed E-state index contributed by atoms with van der Waals surface area (Å²) in [5, 5.41) is 16.8. The molecule has 3 aromatic rings. The molecule has 1 aromatic carbocycles. The number of nitrogens with one attached hydrogen (secondary N) is 3. The molecule has 1 aliphatic carbocycles. The van der Waals surface area contributed by atoms with Gasteiger partial charge in [0.05, 0.1) is 0 Å². The van der Waals surface area contributed by atoms with Gasteiger partial charge in [0.25, 0.3) is 0 Å². The lowest BCUT2D eigenvalue weighted by Crippen LogP contribution is -2.43. The predicted octanol–water partition coefficient (Wildman–Crippen LogP) is 2.83. The molecule has 1 fully saturated rings. The molecule has 2 heterocycles. The van der Waals surface area contributed by atoms with E-state index in [4.69, 9.17) is 4.99 Å². The van der Waals surface area contributed by atoms with Gasteiger partial charge in [0.15, 0.2) is 11.8 Å². The number of aromatic nitrogens is 4. The van der Waals surface area contributed by atoms with Crippen LogP contribution in [0.5, 0.6) is 0 Å². The molecule has 0 atom stereocenters. The van der Waals surface area contributed by atoms with Crippen LogP contribution in [0.2, 0.25) is 0 Å². The first-order valence-corrected chi connectivity index (χ1v) is 10.2. The van der Waals surface area contributed by atoms with Gasteiger partial charge >= 0.3 is 0 Å². The van der Waals surface area contributed by atoms with Gasteiger partial charge in [-0.3, -0.25) is 0 Å². The van der Waals surface area contributed by atoms with E-state index >= 15 is 0 Å². The number of para-hydroxylation sites is 1. The summed E-state index contributed by atoms with van der Waals surface area (Å²) in [5.74, 6) is 2.65. The fourth-order valence-electron chi connectivity index (χ4n) is 3.81. The SMILES string of the molecule is Cc1nnc(CN=C(NCCc2c[nH]c3ccccc23)NC2CCCC2)n1C. The van der Waals surface area contributed by atoms with Gasteiger partial charge in [-0.15, -0.1) is 10.2 Å². The van der Waals surface area contributed by atoms with E-state index in [1.165, 1.54) is 42.1 Å². The maximum atomic E-state index is 4.78. The zero-order valence-electron chi connectivity index (χ0n) is 16.7. The summed E-state index contributed by atoms with van der Waals surface area (Å²) in [5.41, 5.74) is 2.51. The number of fused-ring (bicyclic) bond motifs is 1. The topological polar surface area (TPSA) is 82.9 Å². The summed E-state index contributed by atoms with van der Waals surface area (Å²) in [6.07, 6.45) is 8.07. The van der Waals surface area contributed by atoms with Crippen LogP contribution in [0, 0.1) is 6.92 Å². The molecule has 4 rings (SSSR count). The summed E-state index contributed by atoms with van der Waals surface area (Å²) in [4.78, 5) is 8.12. The van der Waals surface area contributed by atoms with Gasteiger partial charge in [0.1, 0.15) is 12.4 Å². The van der Waals surface area contributed by atoms with Gasteiger partial charge in [0, 0.05) is 36.7 Å². The van der Waals surface area contributed by atoms with Crippen LogP contribution in [0.4, 0.5) is 0 Å². The second kappa shape index (κ2) is 8.46. The van der Waals surface area contributed by atoms with Gasteiger partial charge in [-0.05, 0) is 37.8 Å². The molecule has 0 unspecified atom stereocenters. The molecule has 1 saturated carbocycles. The Morgan fingerprint density at radius 2 is 2.07 bits per heavy atom. The number of H-pyrrole nitrogens is 1. The van der Waals surface area contributed by atoms with Gasteiger partial charge in [-0.25, -0.2) is 4.99 Å². The molecule has 7 nitrogen and oxygen atoms in total. The molecular formula is C21H29N7. The molecular weight excluding hydrogens is 350 g/mol. The molecule has 0 bridgehead atoms. The van der Waals surface area contributed by atoms with E-state index < -0.39 is 0 Å². The number of benzene rings is 1. The van der Waals surface area contributed by atoms with E-state index in [2.05, 4.69) is 56.3 Å². The Balaban J connectivity index is 1.41. The van der Waals surface area contributed by atoms with Crippen molar-refractivity contribution in [3.8, 4) is 0 Å². The number of hydrogen-bond donors (Lipinski definition) is 3. The van der Waals surface area contributed by atoms with Crippen molar-refractivity contribution in [3.05, 3.63) is 47.7 Å². The van der Waals surface area contributed by atoms with Crippen molar-refractivity contribution in [1.29, 1.82) is 0 Å². The van der Waals surface area contributed by atoms with Crippen LogP contribution in [0.1, 0.15) is 42.9 Å². The van der Waals surface area contributed by atoms with Crippen LogP contribution in [-0.2, 0) is 20.0 Å². The van der Waals surface area contributed by atoms with Crippen LogP contribution in [0.25, 0.3) is 10.9 Å². The fraction of sp³-hybridized carbons (Fsp3) is 0.476. The lowest BCUT2D eigenvalue weighted by molar-refractivity contribution is 0.610. The first-order valence-electron chi connectivity index (χ1n) is 10.2. The average Bonchev–Trinajstić information content (AvgIpc) is 3.43. The van der Waals surface area contributed by atoms with E-state index in [0.29, 0.717) is 12.6 Å². The fourth-order valence-corrected chi connectivity index (χ4v) is 3.81. The molecule has 0 aliphatic heterocycles. The third-order valence-electron chi connectivity index (χ3n) is 5.62. The van der Waals surface area contributed by atoms with E-state index in [1.54, 1.807) is 0 Å². The smallest absolute Gasteiger partial charge is 0.191 e. The number of guanidine groups is 1. The van der Waals surface area contributed by atoms with Crippen molar-refractivity contribution in [2.45, 2.75) is 51.6 Å². The molecule has 1 aliphatic rings. The number of aryl methyl sites for hydroxylation is 1. The van der Waals surface area contributed by atoms with Crippen molar-refractivity contribution >= 4 is 16.9 Å². The van der Waals surface area contributed by atoms with Crippen molar-refractivity contribution in [2.24, 2.45) is 12.0 Å². The number of hydrogen-bond acceptors (Lipinski definition) is 3. The van der Waals surface area contributed by atoms with Gasteiger partial charge in [-0.2, -0.15) is 0 Å². The Kier molecular flexibility index (Phi) is 5.60. The second-order valence-corrected chi connectivity index (χ2v) is 7.55. The highest BCUT2D eigenvalue weighted by atomic mass is 15.3. The Labute approximate surface area is 165 Å². The quantitative estimate of drug-likeness (QED) is 0.454. The average molecular weight is 380 g/mol. The molecule has 148 valence electrons. The largest absolute Gasteiger partial charge is 0.361 e. The van der Waals surface area contributed by atoms with Crippen LogP contribution in [0.15, 0.2) is 35.5 Å². The van der Waals surface area contributed by atoms with E-state index in [9.17, 15) is 0 Å². The Morgan fingerprint density at radius 3 is 2.86 bits per heavy atom. The number of aliphatic imine (C=N–C) groups is 1. The maximum Gasteiger partial charge on any atom is 0.191 e. The highest BCUT2D eigenvalue weighted by molar-refractivity contribution is 5.83. The minimum absolute atomic E-state index is 0.514. The second-order valence-electron chi connectivity index (χ2n) is 7.55. The third kappa shape index (κ3) is 4.18. The molecule has 0 spiro atoms. The summed E-state index contributed by atoms with van der Waals surface area (Å²) in [7, 11) is 1.98. The van der Waals surface area contributed by atoms with Crippen molar-refractivity contribution in [2.75, 3.05) is 6.54 Å². The lowest BCUT2D eigenvalue weighted by atomic mass is 10.1. The summed E-state index contributed by atoms with van der Waals surface area (Å²) in [6.45, 7) is 3.31. The zero-order chi connectivity index (χ0) is 19.3. The van der Waals surface area contributed by atoms with Gasteiger partial charge in [0.2, 0.25) is 0 Å². The minimum atomic E-state index is 0.514. The molecule has 3 N–H and O–H groups in total. The number of rotatable bonds is 6. The molecule has 7 heteroatoms. The van der Waals surface area contributed by atoms with Gasteiger partial charge in [-0.1, -0.05) is 31.0 Å². The van der Waals surface area contributed by atoms with Crippen molar-refractivity contribution in [1.82, 2.24) is 30.4 Å². The zero-order valence-corrected chi connectivity index (χ0v) is 16.7. The molecule has 0 radical (unpaired) electrons. The summed E-state index contributed by atoms with van der Waals surface area (Å²) in [6, 6.07) is 8.95. The third-order valence-corrected chi connectivity index (χ3v) is 5.62. The number of nitrogens with zero attached hydrogens (tertiary/aromatic N) is 4. The van der Waals surface area contributed by atoms with E-state index in [0.717, 1.165) is 30.6 Å². The van der Waals surface area contributed by atoms with Crippen molar-refractivity contribution in [3.63, 3.8) is 0 Å². The predicted molar refractivity (Wildman–Crippen MR) is 112 cm³/mol. The standard InChI is InChI=1S/C21H29N7/c1-15-26-27-20(28(15)2)14-24-21(25-17-7-3-4-8-17)22-12-11-16-13-23-19-10-6-5-9-18(16)19/h5-6,9-10,13,17,23H,3-4,7-8,11-12,14H2,1-2H3,(H2,22,24,25). The van der Waals surface area contributed by atoms with Gasteiger partial charge < -0.3 is 20.2 Å². The Morgan fingerprint density at radius 1 is 1.25 bits per heavy atom. The first kappa shape index (κ1) is 18.5. The Bertz CT molecular complexity index is 947. The lowest BCUT2D eigenvalue weighted by Gasteiger charge is -2.17. The molecule has 2 aromatic heterocycles. The van der Waals surface area contributed by atoms with Crippen LogP contribution in [0.3, 0.4) is 0 Å². The molecule has 0 saturated heterocycles. The highest BCUT2D eigenvalue weighted by Gasteiger charge is 2.16. The Hall–Kier alpha value is -2.83. The summed E-state index contributed by atoms with van der Waals surface area (Å²) >= 11 is 0. The van der Waals surface area contributed by atoms with E-state index in [-0.39, 0.29) is 0 Å². The number of aromatic amines is 1. The monoisotopic (exact) mass is 379 g/mol. The molecule has 28 heavy (non-hydrogen) atoms. The van der Waals surface area contributed by atoms with Crippen LogP contribution < -0.4 is 10.6 Å². The van der Waals surface area contributed by atoms with Crippen LogP contribution >= 0.6 is 0 Å². The normalized spacial score (nSPS) is 15.4. The summed E-state index contributed by atoms with van der Waals surface area (Å²) < 4.78 is 1.99. The van der Waals surface area contributed by atoms with Crippen LogP contribution in [-0.4, -0.2) is 38.3 Å². The minimum Gasteiger partial charge on any atom is -0.361 e. The van der Waals surface area contributed by atoms with E-state index in [1.807, 2.05) is 18.5 Å². The first-order chi connectivity index (χ1) is 13.7.